The standard InChI is InChI=1S/C22H15F3N6O/c1-11(30-21-19-20(27-9-26-19)28-10-29-21)17-6-12-2-3-13(23)7-15(12)22(32)31(17)18-8-14(24)4-5-16(18)25/h2-11H,1H3,(H2,26,27,28,29,30)/t11-/m0/s1. The Morgan fingerprint density at radius 1 is 1.00 bits per heavy atom. The second-order valence-corrected chi connectivity index (χ2v) is 7.23. The molecule has 10 heteroatoms. The summed E-state index contributed by atoms with van der Waals surface area (Å²) in [4.78, 5) is 28.7. The van der Waals surface area contributed by atoms with E-state index in [2.05, 4.69) is 25.3 Å². The third-order valence-electron chi connectivity index (χ3n) is 5.17. The molecule has 0 fully saturated rings. The van der Waals surface area contributed by atoms with Crippen LogP contribution in [0.25, 0.3) is 27.6 Å². The second-order valence-electron chi connectivity index (χ2n) is 7.23. The van der Waals surface area contributed by atoms with E-state index in [0.717, 1.165) is 28.8 Å². The van der Waals surface area contributed by atoms with Crippen LogP contribution in [0.5, 0.6) is 0 Å². The number of H-pyrrole nitrogens is 1. The molecular weight excluding hydrogens is 421 g/mol. The van der Waals surface area contributed by atoms with Crippen molar-refractivity contribution in [3.8, 4) is 5.69 Å². The van der Waals surface area contributed by atoms with Gasteiger partial charge in [-0.05, 0) is 42.6 Å². The smallest absolute Gasteiger partial charge is 0.263 e. The Morgan fingerprint density at radius 2 is 1.78 bits per heavy atom. The number of halogens is 3. The summed E-state index contributed by atoms with van der Waals surface area (Å²) in [6.07, 6.45) is 2.82. The van der Waals surface area contributed by atoms with E-state index in [0.29, 0.717) is 28.1 Å². The Kier molecular flexibility index (Phi) is 4.62. The van der Waals surface area contributed by atoms with Crippen LogP contribution in [0, 0.1) is 17.5 Å². The van der Waals surface area contributed by atoms with Gasteiger partial charge in [0.15, 0.2) is 11.5 Å². The number of hydrogen-bond donors (Lipinski definition) is 2. The first-order valence-electron chi connectivity index (χ1n) is 9.63. The molecule has 0 saturated heterocycles. The molecule has 1 atom stereocenters. The minimum absolute atomic E-state index is 0.0429. The van der Waals surface area contributed by atoms with E-state index in [1.165, 1.54) is 24.8 Å². The Balaban J connectivity index is 1.74. The molecule has 0 aliphatic carbocycles. The van der Waals surface area contributed by atoms with E-state index in [1.54, 1.807) is 13.0 Å². The molecular formula is C22H15F3N6O. The highest BCUT2D eigenvalue weighted by atomic mass is 19.1. The fraction of sp³-hybridized carbons (Fsp3) is 0.0909. The number of hydrogen-bond acceptors (Lipinski definition) is 5. The Bertz CT molecular complexity index is 1540. The summed E-state index contributed by atoms with van der Waals surface area (Å²) in [6, 6.07) is 7.61. The fourth-order valence-corrected chi connectivity index (χ4v) is 3.67. The molecule has 0 amide bonds. The predicted octanol–water partition coefficient (Wildman–Crippen LogP) is 4.25. The van der Waals surface area contributed by atoms with Gasteiger partial charge in [-0.3, -0.25) is 9.36 Å². The molecule has 0 aliphatic heterocycles. The normalized spacial score (nSPS) is 12.4. The molecule has 0 spiro atoms. The number of aromatic amines is 1. The highest BCUT2D eigenvalue weighted by molar-refractivity contribution is 5.84. The number of imidazole rings is 1. The van der Waals surface area contributed by atoms with Gasteiger partial charge in [-0.25, -0.2) is 28.1 Å². The maximum Gasteiger partial charge on any atom is 0.263 e. The number of rotatable bonds is 4. The lowest BCUT2D eigenvalue weighted by molar-refractivity contribution is 0.587. The largest absolute Gasteiger partial charge is 0.360 e. The van der Waals surface area contributed by atoms with E-state index in [-0.39, 0.29) is 11.1 Å². The first-order chi connectivity index (χ1) is 15.4. The van der Waals surface area contributed by atoms with E-state index in [1.807, 2.05) is 0 Å². The summed E-state index contributed by atoms with van der Waals surface area (Å²) in [5.41, 5.74) is 0.353. The SMILES string of the molecule is C[C@H](Nc1ncnc2[nH]cnc12)c1cc2ccc(F)cc2c(=O)n1-c1cc(F)ccc1F. The second kappa shape index (κ2) is 7.49. The van der Waals surface area contributed by atoms with Gasteiger partial charge in [0.2, 0.25) is 0 Å². The highest BCUT2D eigenvalue weighted by Crippen LogP contribution is 2.27. The number of aromatic nitrogens is 5. The number of benzene rings is 2. The Labute approximate surface area is 178 Å². The molecule has 32 heavy (non-hydrogen) atoms. The molecule has 160 valence electrons. The maximum absolute atomic E-state index is 14.7. The summed E-state index contributed by atoms with van der Waals surface area (Å²) in [7, 11) is 0. The first-order valence-corrected chi connectivity index (χ1v) is 9.63. The van der Waals surface area contributed by atoms with Gasteiger partial charge in [0.25, 0.3) is 5.56 Å². The van der Waals surface area contributed by atoms with Crippen LogP contribution in [0.3, 0.4) is 0 Å². The van der Waals surface area contributed by atoms with Crippen molar-refractivity contribution < 1.29 is 13.2 Å². The molecule has 7 nitrogen and oxygen atoms in total. The van der Waals surface area contributed by atoms with Gasteiger partial charge in [0.1, 0.15) is 29.3 Å². The Hall–Kier alpha value is -4.21. The topological polar surface area (TPSA) is 88.5 Å². The van der Waals surface area contributed by atoms with Gasteiger partial charge >= 0.3 is 0 Å². The zero-order valence-electron chi connectivity index (χ0n) is 16.6. The maximum atomic E-state index is 14.7. The molecule has 2 N–H and O–H groups in total. The van der Waals surface area contributed by atoms with Crippen LogP contribution in [-0.2, 0) is 0 Å². The minimum atomic E-state index is -0.797. The van der Waals surface area contributed by atoms with Crippen molar-refractivity contribution in [2.75, 3.05) is 5.32 Å². The molecule has 3 heterocycles. The van der Waals surface area contributed by atoms with Crippen molar-refractivity contribution in [2.24, 2.45) is 0 Å². The minimum Gasteiger partial charge on any atom is -0.360 e. The quantitative estimate of drug-likeness (QED) is 0.440. The molecule has 0 saturated carbocycles. The van der Waals surface area contributed by atoms with Gasteiger partial charge in [0, 0.05) is 11.8 Å². The van der Waals surface area contributed by atoms with Crippen molar-refractivity contribution in [3.63, 3.8) is 0 Å². The lowest BCUT2D eigenvalue weighted by atomic mass is 10.1. The predicted molar refractivity (Wildman–Crippen MR) is 113 cm³/mol. The fourth-order valence-electron chi connectivity index (χ4n) is 3.67. The number of fused-ring (bicyclic) bond motifs is 2. The van der Waals surface area contributed by atoms with E-state index in [4.69, 9.17) is 0 Å². The molecule has 0 bridgehead atoms. The average molecular weight is 436 g/mol. The number of anilines is 1. The number of nitrogens with one attached hydrogen (secondary N) is 2. The van der Waals surface area contributed by atoms with Crippen LogP contribution >= 0.6 is 0 Å². The molecule has 0 aliphatic rings. The first kappa shape index (κ1) is 19.7. The van der Waals surface area contributed by atoms with Crippen molar-refractivity contribution in [2.45, 2.75) is 13.0 Å². The van der Waals surface area contributed by atoms with Crippen molar-refractivity contribution >= 4 is 27.8 Å². The van der Waals surface area contributed by atoms with E-state index in [9.17, 15) is 18.0 Å². The van der Waals surface area contributed by atoms with Crippen LogP contribution in [-0.4, -0.2) is 24.5 Å². The van der Waals surface area contributed by atoms with Crippen LogP contribution in [0.2, 0.25) is 0 Å². The molecule has 5 aromatic rings. The van der Waals surface area contributed by atoms with Gasteiger partial charge < -0.3 is 10.3 Å². The van der Waals surface area contributed by atoms with Crippen molar-refractivity contribution in [1.82, 2.24) is 24.5 Å². The van der Waals surface area contributed by atoms with E-state index < -0.39 is 29.1 Å². The molecule has 5 rings (SSSR count). The third-order valence-corrected chi connectivity index (χ3v) is 5.17. The molecule has 0 radical (unpaired) electrons. The van der Waals surface area contributed by atoms with E-state index >= 15 is 0 Å². The zero-order valence-corrected chi connectivity index (χ0v) is 16.6. The monoisotopic (exact) mass is 436 g/mol. The highest BCUT2D eigenvalue weighted by Gasteiger charge is 2.20. The van der Waals surface area contributed by atoms with Gasteiger partial charge in [-0.1, -0.05) is 6.07 Å². The van der Waals surface area contributed by atoms with Gasteiger partial charge in [-0.15, -0.1) is 0 Å². The molecule has 0 unspecified atom stereocenters. The summed E-state index contributed by atoms with van der Waals surface area (Å²) in [6.45, 7) is 1.73. The van der Waals surface area contributed by atoms with Crippen LogP contribution in [0.1, 0.15) is 18.7 Å². The van der Waals surface area contributed by atoms with Gasteiger partial charge in [-0.2, -0.15) is 0 Å². The van der Waals surface area contributed by atoms with Gasteiger partial charge in [0.05, 0.1) is 23.4 Å². The van der Waals surface area contributed by atoms with Crippen LogP contribution < -0.4 is 10.9 Å². The zero-order chi connectivity index (χ0) is 22.4. The lowest BCUT2D eigenvalue weighted by Gasteiger charge is -2.21. The number of pyridine rings is 1. The summed E-state index contributed by atoms with van der Waals surface area (Å²) in [5.74, 6) is -1.73. The van der Waals surface area contributed by atoms with Crippen LogP contribution in [0.15, 0.2) is 59.9 Å². The lowest BCUT2D eigenvalue weighted by Crippen LogP contribution is -2.26. The third kappa shape index (κ3) is 3.25. The van der Waals surface area contributed by atoms with Crippen molar-refractivity contribution in [3.05, 3.63) is 88.6 Å². The summed E-state index contributed by atoms with van der Waals surface area (Å²) in [5, 5.41) is 3.65. The van der Waals surface area contributed by atoms with Crippen LogP contribution in [0.4, 0.5) is 19.0 Å². The number of nitrogens with zero attached hydrogens (tertiary/aromatic N) is 4. The van der Waals surface area contributed by atoms with Crippen molar-refractivity contribution in [1.29, 1.82) is 0 Å². The molecule has 2 aromatic carbocycles. The average Bonchev–Trinajstić information content (AvgIpc) is 3.26. The summed E-state index contributed by atoms with van der Waals surface area (Å²) < 4.78 is 43.6. The Morgan fingerprint density at radius 3 is 2.62 bits per heavy atom. The summed E-state index contributed by atoms with van der Waals surface area (Å²) >= 11 is 0. The molecule has 3 aromatic heterocycles.